The molecule has 0 fully saturated rings. The van der Waals surface area contributed by atoms with Crippen LogP contribution in [0.1, 0.15) is 11.6 Å². The maximum Gasteiger partial charge on any atom is 0.257 e. The first-order valence-electron chi connectivity index (χ1n) is 3.75. The highest BCUT2D eigenvalue weighted by Crippen LogP contribution is 2.32. The number of phenols is 1. The molecule has 78 valence electrons. The highest BCUT2D eigenvalue weighted by molar-refractivity contribution is 5.57. The second-order valence-corrected chi connectivity index (χ2v) is 2.79. The summed E-state index contributed by atoms with van der Waals surface area (Å²) < 4.78 is 37.1. The van der Waals surface area contributed by atoms with E-state index in [0.29, 0.717) is 0 Å². The summed E-state index contributed by atoms with van der Waals surface area (Å²) in [6, 6.07) is -0.174. The van der Waals surface area contributed by atoms with E-state index < -0.39 is 29.6 Å². The highest BCUT2D eigenvalue weighted by Gasteiger charge is 2.22. The smallest absolute Gasteiger partial charge is 0.257 e. The summed E-state index contributed by atoms with van der Waals surface area (Å²) in [6.45, 7) is 0. The van der Waals surface area contributed by atoms with Gasteiger partial charge in [-0.05, 0) is 6.07 Å². The van der Waals surface area contributed by atoms with Crippen molar-refractivity contribution in [2.75, 3.05) is 5.73 Å². The van der Waals surface area contributed by atoms with Gasteiger partial charge in [-0.2, -0.15) is 0 Å². The topological polar surface area (TPSA) is 72.3 Å². The van der Waals surface area contributed by atoms with Crippen molar-refractivity contribution in [3.8, 4) is 5.75 Å². The van der Waals surface area contributed by atoms with Crippen LogP contribution in [0.3, 0.4) is 0 Å². The number of rotatable bonds is 2. The Balaban J connectivity index is 3.20. The Morgan fingerprint density at radius 3 is 2.36 bits per heavy atom. The first-order chi connectivity index (χ1) is 6.43. The van der Waals surface area contributed by atoms with Crippen LogP contribution in [0.4, 0.5) is 18.9 Å². The van der Waals surface area contributed by atoms with Gasteiger partial charge >= 0.3 is 0 Å². The minimum Gasteiger partial charge on any atom is -0.505 e. The summed E-state index contributed by atoms with van der Waals surface area (Å²) in [6.07, 6.45) is -2.89. The number of alkyl halides is 2. The summed E-state index contributed by atoms with van der Waals surface area (Å²) in [5.74, 6) is -1.41. The number of nitrogen functional groups attached to an aromatic ring is 1. The summed E-state index contributed by atoms with van der Waals surface area (Å²) in [4.78, 5) is 0. The first kappa shape index (κ1) is 10.6. The fraction of sp³-hybridized carbons (Fsp3) is 0.250. The van der Waals surface area contributed by atoms with Gasteiger partial charge < -0.3 is 16.6 Å². The van der Waals surface area contributed by atoms with Gasteiger partial charge in [-0.1, -0.05) is 0 Å². The second-order valence-electron chi connectivity index (χ2n) is 2.79. The van der Waals surface area contributed by atoms with Crippen LogP contribution in [0.2, 0.25) is 0 Å². The number of halogens is 3. The van der Waals surface area contributed by atoms with Gasteiger partial charge in [0.1, 0.15) is 11.6 Å². The molecule has 1 atom stereocenters. The number of nitrogens with two attached hydrogens (primary N) is 2. The molecule has 0 unspecified atom stereocenters. The zero-order chi connectivity index (χ0) is 10.9. The van der Waals surface area contributed by atoms with Gasteiger partial charge in [0.05, 0.1) is 11.7 Å². The first-order valence-corrected chi connectivity index (χ1v) is 3.75. The van der Waals surface area contributed by atoms with Crippen molar-refractivity contribution < 1.29 is 18.3 Å². The van der Waals surface area contributed by atoms with E-state index in [1.165, 1.54) is 0 Å². The Labute approximate surface area is 78.1 Å². The molecule has 0 spiro atoms. The van der Waals surface area contributed by atoms with E-state index in [-0.39, 0.29) is 5.69 Å². The Hall–Kier alpha value is -1.43. The molecule has 3 nitrogen and oxygen atoms in total. The average Bonchev–Trinajstić information content (AvgIpc) is 2.09. The third kappa shape index (κ3) is 1.90. The SMILES string of the molecule is Nc1cc(F)cc([C@@H](N)C(F)F)c1O. The molecule has 1 rings (SSSR count). The lowest BCUT2D eigenvalue weighted by Crippen LogP contribution is -2.19. The van der Waals surface area contributed by atoms with Crippen LogP contribution in [-0.4, -0.2) is 11.5 Å². The summed E-state index contributed by atoms with van der Waals surface area (Å²) >= 11 is 0. The molecule has 0 saturated carbocycles. The number of phenolic OH excluding ortho intramolecular Hbond substituents is 1. The maximum atomic E-state index is 12.7. The lowest BCUT2D eigenvalue weighted by atomic mass is 10.1. The summed E-state index contributed by atoms with van der Waals surface area (Å²) in [5.41, 5.74) is 9.51. The lowest BCUT2D eigenvalue weighted by Gasteiger charge is -2.13. The molecule has 0 amide bonds. The third-order valence-electron chi connectivity index (χ3n) is 1.76. The van der Waals surface area contributed by atoms with E-state index >= 15 is 0 Å². The zero-order valence-corrected chi connectivity index (χ0v) is 7.05. The van der Waals surface area contributed by atoms with Crippen LogP contribution in [-0.2, 0) is 0 Å². The van der Waals surface area contributed by atoms with Crippen LogP contribution in [0, 0.1) is 5.82 Å². The predicted octanol–water partition coefficient (Wildman–Crippen LogP) is 1.38. The zero-order valence-electron chi connectivity index (χ0n) is 7.05. The Bertz CT molecular complexity index is 344. The van der Waals surface area contributed by atoms with Crippen LogP contribution in [0.25, 0.3) is 0 Å². The summed E-state index contributed by atoms with van der Waals surface area (Å²) in [7, 11) is 0. The lowest BCUT2D eigenvalue weighted by molar-refractivity contribution is 0.115. The Kier molecular flexibility index (Phi) is 2.85. The van der Waals surface area contributed by atoms with E-state index in [4.69, 9.17) is 11.5 Å². The minimum atomic E-state index is -2.89. The van der Waals surface area contributed by atoms with Crippen LogP contribution in [0.5, 0.6) is 5.75 Å². The maximum absolute atomic E-state index is 12.7. The van der Waals surface area contributed by atoms with E-state index in [2.05, 4.69) is 0 Å². The van der Waals surface area contributed by atoms with Gasteiger partial charge in [-0.15, -0.1) is 0 Å². The molecule has 0 saturated heterocycles. The molecule has 0 heterocycles. The van der Waals surface area contributed by atoms with Crippen LogP contribution in [0.15, 0.2) is 12.1 Å². The molecule has 6 heteroatoms. The molecule has 0 aromatic heterocycles. The van der Waals surface area contributed by atoms with Gasteiger partial charge in [-0.25, -0.2) is 13.2 Å². The van der Waals surface area contributed by atoms with Crippen molar-refractivity contribution in [2.24, 2.45) is 5.73 Å². The van der Waals surface area contributed by atoms with Crippen molar-refractivity contribution in [1.82, 2.24) is 0 Å². The number of hydrogen-bond donors (Lipinski definition) is 3. The Morgan fingerprint density at radius 2 is 1.86 bits per heavy atom. The monoisotopic (exact) mass is 206 g/mol. The number of anilines is 1. The van der Waals surface area contributed by atoms with Crippen molar-refractivity contribution in [2.45, 2.75) is 12.5 Å². The molecular weight excluding hydrogens is 197 g/mol. The number of hydrogen-bond acceptors (Lipinski definition) is 3. The molecule has 0 aliphatic heterocycles. The normalized spacial score (nSPS) is 13.2. The van der Waals surface area contributed by atoms with Crippen molar-refractivity contribution in [1.29, 1.82) is 0 Å². The van der Waals surface area contributed by atoms with Crippen molar-refractivity contribution in [3.63, 3.8) is 0 Å². The quantitative estimate of drug-likeness (QED) is 0.505. The fourth-order valence-electron chi connectivity index (χ4n) is 1.03. The standard InChI is InChI=1S/C8H9F3N2O/c9-3-1-4(6(13)8(10)11)7(14)5(12)2-3/h1-2,6,8,14H,12-13H2/t6-/m1/s1. The number of benzene rings is 1. The molecule has 1 aromatic carbocycles. The molecular formula is C8H9F3N2O. The second kappa shape index (κ2) is 3.75. The highest BCUT2D eigenvalue weighted by atomic mass is 19.3. The number of aromatic hydroxyl groups is 1. The minimum absolute atomic E-state index is 0.309. The van der Waals surface area contributed by atoms with Crippen LogP contribution < -0.4 is 11.5 Å². The average molecular weight is 206 g/mol. The van der Waals surface area contributed by atoms with E-state index in [0.717, 1.165) is 12.1 Å². The molecule has 14 heavy (non-hydrogen) atoms. The van der Waals surface area contributed by atoms with Gasteiger partial charge in [0.2, 0.25) is 0 Å². The van der Waals surface area contributed by atoms with Gasteiger partial charge in [-0.3, -0.25) is 0 Å². The largest absolute Gasteiger partial charge is 0.505 e. The van der Waals surface area contributed by atoms with E-state index in [9.17, 15) is 18.3 Å². The third-order valence-corrected chi connectivity index (χ3v) is 1.76. The molecule has 0 bridgehead atoms. The van der Waals surface area contributed by atoms with Gasteiger partial charge in [0, 0.05) is 11.6 Å². The van der Waals surface area contributed by atoms with E-state index in [1.807, 2.05) is 0 Å². The molecule has 0 aliphatic rings. The van der Waals surface area contributed by atoms with E-state index in [1.54, 1.807) is 0 Å². The van der Waals surface area contributed by atoms with Crippen molar-refractivity contribution >= 4 is 5.69 Å². The molecule has 1 aromatic rings. The molecule has 0 aliphatic carbocycles. The van der Waals surface area contributed by atoms with Crippen LogP contribution >= 0.6 is 0 Å². The summed E-state index contributed by atoms with van der Waals surface area (Å²) in [5, 5.41) is 9.24. The van der Waals surface area contributed by atoms with Gasteiger partial charge in [0.15, 0.2) is 0 Å². The Morgan fingerprint density at radius 1 is 1.29 bits per heavy atom. The molecule has 0 radical (unpaired) electrons. The fourth-order valence-corrected chi connectivity index (χ4v) is 1.03. The predicted molar refractivity (Wildman–Crippen MR) is 45.4 cm³/mol. The molecule has 5 N–H and O–H groups in total. The van der Waals surface area contributed by atoms with Crippen molar-refractivity contribution in [3.05, 3.63) is 23.5 Å². The van der Waals surface area contributed by atoms with Gasteiger partial charge in [0.25, 0.3) is 6.43 Å².